The molecule has 1 aromatic rings. The summed E-state index contributed by atoms with van der Waals surface area (Å²) in [6, 6.07) is 4.70. The number of hydrogen-bond donors (Lipinski definition) is 2. The molecule has 0 atom stereocenters. The van der Waals surface area contributed by atoms with Gasteiger partial charge in [-0.3, -0.25) is 0 Å². The van der Waals surface area contributed by atoms with Crippen LogP contribution < -0.4 is 10.6 Å². The molecule has 0 aliphatic rings. The number of likely N-dealkylation sites (N-methyl/N-ethyl adjacent to an activating group) is 1. The fourth-order valence-corrected chi connectivity index (χ4v) is 1.60. The minimum Gasteiger partial charge on any atom is -0.478 e. The Morgan fingerprint density at radius 2 is 2.11 bits per heavy atom. The van der Waals surface area contributed by atoms with Crippen molar-refractivity contribution in [1.82, 2.24) is 0 Å². The van der Waals surface area contributed by atoms with Gasteiger partial charge in [0.1, 0.15) is 0 Å². The first kappa shape index (κ1) is 15.3. The van der Waals surface area contributed by atoms with E-state index in [1.165, 1.54) is 12.1 Å². The van der Waals surface area contributed by atoms with E-state index in [0.29, 0.717) is 32.1 Å². The van der Waals surface area contributed by atoms with Gasteiger partial charge in [0.25, 0.3) is 0 Å². The lowest BCUT2D eigenvalue weighted by atomic mass is 10.1. The molecule has 0 spiro atoms. The van der Waals surface area contributed by atoms with E-state index in [1.54, 1.807) is 13.2 Å². The predicted octanol–water partition coefficient (Wildman–Crippen LogP) is 1.07. The molecule has 3 N–H and O–H groups in total. The lowest BCUT2D eigenvalue weighted by Crippen LogP contribution is -2.24. The van der Waals surface area contributed by atoms with Gasteiger partial charge in [-0.25, -0.2) is 4.79 Å². The molecule has 0 unspecified atom stereocenters. The van der Waals surface area contributed by atoms with E-state index >= 15 is 0 Å². The maximum Gasteiger partial charge on any atom is 0.335 e. The molecule has 0 fully saturated rings. The van der Waals surface area contributed by atoms with Gasteiger partial charge in [-0.2, -0.15) is 0 Å². The van der Waals surface area contributed by atoms with E-state index in [9.17, 15) is 4.79 Å². The van der Waals surface area contributed by atoms with Crippen LogP contribution in [0.4, 0.5) is 11.4 Å². The highest BCUT2D eigenvalue weighted by Crippen LogP contribution is 2.23. The molecule has 0 bridgehead atoms. The molecule has 0 heterocycles. The Kier molecular flexibility index (Phi) is 6.11. The maximum atomic E-state index is 10.8. The second-order valence-corrected chi connectivity index (χ2v) is 4.11. The lowest BCUT2D eigenvalue weighted by molar-refractivity contribution is 0.0697. The Hall–Kier alpha value is -1.79. The van der Waals surface area contributed by atoms with Crippen LogP contribution in [0.1, 0.15) is 10.4 Å². The second-order valence-electron chi connectivity index (χ2n) is 4.11. The highest BCUT2D eigenvalue weighted by Gasteiger charge is 2.09. The van der Waals surface area contributed by atoms with Crippen molar-refractivity contribution in [3.05, 3.63) is 23.8 Å². The van der Waals surface area contributed by atoms with Gasteiger partial charge in [0.15, 0.2) is 0 Å². The molecule has 6 nitrogen and oxygen atoms in total. The molecule has 6 heteroatoms. The zero-order valence-electron chi connectivity index (χ0n) is 11.3. The number of carboxylic acids is 1. The zero-order chi connectivity index (χ0) is 14.3. The van der Waals surface area contributed by atoms with Crippen molar-refractivity contribution < 1.29 is 19.4 Å². The van der Waals surface area contributed by atoms with Crippen molar-refractivity contribution in [3.63, 3.8) is 0 Å². The largest absolute Gasteiger partial charge is 0.478 e. The van der Waals surface area contributed by atoms with Gasteiger partial charge in [0.2, 0.25) is 0 Å². The summed E-state index contributed by atoms with van der Waals surface area (Å²) in [7, 11) is 3.51. The van der Waals surface area contributed by atoms with Crippen LogP contribution in [0.5, 0.6) is 0 Å². The molecule has 19 heavy (non-hydrogen) atoms. The quantitative estimate of drug-likeness (QED) is 0.542. The number of hydrogen-bond acceptors (Lipinski definition) is 5. The van der Waals surface area contributed by atoms with Crippen LogP contribution in [-0.2, 0) is 9.47 Å². The second kappa shape index (κ2) is 7.60. The number of benzene rings is 1. The van der Waals surface area contributed by atoms with Crippen LogP contribution in [-0.4, -0.2) is 51.6 Å². The number of aromatic carboxylic acids is 1. The average molecular weight is 268 g/mol. The topological polar surface area (TPSA) is 85.0 Å². The van der Waals surface area contributed by atoms with Crippen LogP contribution in [0.2, 0.25) is 0 Å². The minimum absolute atomic E-state index is 0.186. The molecule has 106 valence electrons. The third-order valence-corrected chi connectivity index (χ3v) is 2.69. The van der Waals surface area contributed by atoms with Gasteiger partial charge in [-0.15, -0.1) is 0 Å². The lowest BCUT2D eigenvalue weighted by Gasteiger charge is -2.21. The molecular weight excluding hydrogens is 248 g/mol. The normalized spacial score (nSPS) is 10.4. The Labute approximate surface area is 112 Å². The van der Waals surface area contributed by atoms with Crippen LogP contribution in [0.15, 0.2) is 18.2 Å². The van der Waals surface area contributed by atoms with Gasteiger partial charge in [-0.05, 0) is 18.2 Å². The monoisotopic (exact) mass is 268 g/mol. The molecule has 0 amide bonds. The maximum absolute atomic E-state index is 10.8. The van der Waals surface area contributed by atoms with Crippen molar-refractivity contribution in [2.75, 3.05) is 51.2 Å². The standard InChI is InChI=1S/C13H20N2O4/c1-15(5-6-19-8-7-18-2)12-4-3-10(13(16)17)9-11(12)14/h3-4,9H,5-8,14H2,1-2H3,(H,16,17). The number of carbonyl (C=O) groups is 1. The molecule has 1 aromatic carbocycles. The van der Waals surface area contributed by atoms with E-state index in [0.717, 1.165) is 5.69 Å². The van der Waals surface area contributed by atoms with Crippen molar-refractivity contribution in [2.24, 2.45) is 0 Å². The molecule has 0 aromatic heterocycles. The predicted molar refractivity (Wildman–Crippen MR) is 73.8 cm³/mol. The van der Waals surface area contributed by atoms with Crippen LogP contribution in [0.25, 0.3) is 0 Å². The minimum atomic E-state index is -0.983. The molecule has 0 saturated heterocycles. The van der Waals surface area contributed by atoms with Gasteiger partial charge in [-0.1, -0.05) is 0 Å². The first-order valence-corrected chi connectivity index (χ1v) is 5.97. The van der Waals surface area contributed by atoms with Crippen molar-refractivity contribution in [3.8, 4) is 0 Å². The number of ether oxygens (including phenoxy) is 2. The number of anilines is 2. The first-order valence-electron chi connectivity index (χ1n) is 5.97. The molecule has 1 rings (SSSR count). The van der Waals surface area contributed by atoms with Crippen LogP contribution >= 0.6 is 0 Å². The average Bonchev–Trinajstić information content (AvgIpc) is 2.38. The van der Waals surface area contributed by atoms with Gasteiger partial charge >= 0.3 is 5.97 Å². The smallest absolute Gasteiger partial charge is 0.335 e. The van der Waals surface area contributed by atoms with Crippen molar-refractivity contribution in [2.45, 2.75) is 0 Å². The summed E-state index contributed by atoms with van der Waals surface area (Å²) in [5.41, 5.74) is 7.27. The third kappa shape index (κ3) is 4.76. The number of rotatable bonds is 8. The highest BCUT2D eigenvalue weighted by molar-refractivity contribution is 5.90. The number of nitrogen functional groups attached to an aromatic ring is 1. The van der Waals surface area contributed by atoms with E-state index in [2.05, 4.69) is 0 Å². The summed E-state index contributed by atoms with van der Waals surface area (Å²) in [4.78, 5) is 12.7. The number of carboxylic acid groups (broad SMARTS) is 1. The zero-order valence-corrected chi connectivity index (χ0v) is 11.3. The van der Waals surface area contributed by atoms with Crippen molar-refractivity contribution in [1.29, 1.82) is 0 Å². The molecule has 0 aliphatic carbocycles. The van der Waals surface area contributed by atoms with E-state index in [4.69, 9.17) is 20.3 Å². The van der Waals surface area contributed by atoms with E-state index in [1.807, 2.05) is 11.9 Å². The third-order valence-electron chi connectivity index (χ3n) is 2.69. The summed E-state index contributed by atoms with van der Waals surface area (Å²) >= 11 is 0. The fourth-order valence-electron chi connectivity index (χ4n) is 1.60. The number of nitrogens with zero attached hydrogens (tertiary/aromatic N) is 1. The highest BCUT2D eigenvalue weighted by atomic mass is 16.5. The summed E-state index contributed by atoms with van der Waals surface area (Å²) in [5.74, 6) is -0.983. The van der Waals surface area contributed by atoms with E-state index in [-0.39, 0.29) is 5.56 Å². The Balaban J connectivity index is 2.52. The van der Waals surface area contributed by atoms with Gasteiger partial charge in [0.05, 0.1) is 36.8 Å². The SMILES string of the molecule is COCCOCCN(C)c1ccc(C(=O)O)cc1N. The summed E-state index contributed by atoms with van der Waals surface area (Å²) in [6.45, 7) is 2.34. The molecular formula is C13H20N2O4. The van der Waals surface area contributed by atoms with Crippen LogP contribution in [0, 0.1) is 0 Å². The summed E-state index contributed by atoms with van der Waals surface area (Å²) in [6.07, 6.45) is 0. The summed E-state index contributed by atoms with van der Waals surface area (Å²) < 4.78 is 10.2. The summed E-state index contributed by atoms with van der Waals surface area (Å²) in [5, 5.41) is 8.86. The number of methoxy groups -OCH3 is 1. The fraction of sp³-hybridized carbons (Fsp3) is 0.462. The number of nitrogens with two attached hydrogens (primary N) is 1. The molecule has 0 saturated carbocycles. The van der Waals surface area contributed by atoms with Crippen molar-refractivity contribution >= 4 is 17.3 Å². The van der Waals surface area contributed by atoms with Gasteiger partial charge < -0.3 is 25.2 Å². The van der Waals surface area contributed by atoms with Crippen LogP contribution in [0.3, 0.4) is 0 Å². The van der Waals surface area contributed by atoms with Gasteiger partial charge in [0, 0.05) is 20.7 Å². The first-order chi connectivity index (χ1) is 9.06. The molecule has 0 radical (unpaired) electrons. The van der Waals surface area contributed by atoms with E-state index < -0.39 is 5.97 Å². The Morgan fingerprint density at radius 1 is 1.37 bits per heavy atom. The Bertz CT molecular complexity index is 423. The Morgan fingerprint density at radius 3 is 2.68 bits per heavy atom. The molecule has 0 aliphatic heterocycles.